The second-order valence-electron chi connectivity index (χ2n) is 4.96. The Bertz CT molecular complexity index is 658. The molecule has 0 spiro atoms. The van der Waals surface area contributed by atoms with Crippen LogP contribution in [-0.2, 0) is 20.0 Å². The first-order chi connectivity index (χ1) is 9.56. The molecule has 0 saturated heterocycles. The molecule has 104 valence electrons. The van der Waals surface area contributed by atoms with Crippen LogP contribution in [0.25, 0.3) is 0 Å². The summed E-state index contributed by atoms with van der Waals surface area (Å²) in [7, 11) is 1.82. The van der Waals surface area contributed by atoms with Gasteiger partial charge in [-0.2, -0.15) is 5.10 Å². The van der Waals surface area contributed by atoms with Crippen LogP contribution in [0, 0.1) is 6.92 Å². The van der Waals surface area contributed by atoms with Crippen LogP contribution in [0.2, 0.25) is 0 Å². The molecule has 20 heavy (non-hydrogen) atoms. The van der Waals surface area contributed by atoms with E-state index in [1.807, 2.05) is 14.0 Å². The quantitative estimate of drug-likeness (QED) is 0.806. The highest BCUT2D eigenvalue weighted by molar-refractivity contribution is 5.92. The number of rotatable bonds is 1. The van der Waals surface area contributed by atoms with E-state index >= 15 is 0 Å². The molecule has 0 saturated carbocycles. The van der Waals surface area contributed by atoms with Crippen molar-refractivity contribution >= 4 is 11.7 Å². The first kappa shape index (κ1) is 12.6. The Balaban J connectivity index is 1.85. The summed E-state index contributed by atoms with van der Waals surface area (Å²) in [5, 5.41) is 4.23. The molecule has 0 aromatic carbocycles. The van der Waals surface area contributed by atoms with Gasteiger partial charge in [0.2, 0.25) is 0 Å². The van der Waals surface area contributed by atoms with Crippen molar-refractivity contribution < 1.29 is 4.79 Å². The van der Waals surface area contributed by atoms with Gasteiger partial charge in [0, 0.05) is 24.8 Å². The molecule has 2 aromatic heterocycles. The number of hydrogen-bond donors (Lipinski definition) is 1. The number of aryl methyl sites for hydroxylation is 2. The first-order valence-corrected chi connectivity index (χ1v) is 6.44. The highest BCUT2D eigenvalue weighted by Gasteiger charge is 2.25. The minimum Gasteiger partial charge on any atom is -0.383 e. The van der Waals surface area contributed by atoms with Crippen LogP contribution < -0.4 is 5.73 Å². The molecular formula is C13H16N6O. The fourth-order valence-electron chi connectivity index (χ4n) is 2.38. The predicted octanol–water partition coefficient (Wildman–Crippen LogP) is 0.299. The zero-order valence-electron chi connectivity index (χ0n) is 11.5. The lowest BCUT2D eigenvalue weighted by atomic mass is 10.1. The van der Waals surface area contributed by atoms with E-state index in [2.05, 4.69) is 15.1 Å². The Labute approximate surface area is 116 Å². The second kappa shape index (κ2) is 4.59. The standard InChI is InChI=1S/C13H16N6O/c1-8-5-10(17-18(8)2)13(20)19-4-3-9-11(6-19)15-7-16-12(9)14/h5,7H,3-4,6H2,1-2H3,(H2,14,15,16). The summed E-state index contributed by atoms with van der Waals surface area (Å²) in [6.07, 6.45) is 2.12. The molecule has 7 heteroatoms. The average molecular weight is 272 g/mol. The maximum atomic E-state index is 12.4. The number of carbonyl (C=O) groups is 1. The van der Waals surface area contributed by atoms with E-state index in [0.29, 0.717) is 31.0 Å². The van der Waals surface area contributed by atoms with Gasteiger partial charge in [-0.1, -0.05) is 0 Å². The number of nitrogens with two attached hydrogens (primary N) is 1. The summed E-state index contributed by atoms with van der Waals surface area (Å²) in [6.45, 7) is 2.98. The third kappa shape index (κ3) is 2.01. The number of amides is 1. The molecule has 3 rings (SSSR count). The molecule has 1 aliphatic rings. The third-order valence-electron chi connectivity index (χ3n) is 3.66. The smallest absolute Gasteiger partial charge is 0.274 e. The highest BCUT2D eigenvalue weighted by atomic mass is 16.2. The summed E-state index contributed by atoms with van der Waals surface area (Å²) in [4.78, 5) is 22.4. The minimum absolute atomic E-state index is 0.0727. The molecule has 7 nitrogen and oxygen atoms in total. The molecule has 0 radical (unpaired) electrons. The monoisotopic (exact) mass is 272 g/mol. The number of fused-ring (bicyclic) bond motifs is 1. The second-order valence-corrected chi connectivity index (χ2v) is 4.96. The van der Waals surface area contributed by atoms with Crippen molar-refractivity contribution in [3.05, 3.63) is 35.0 Å². The van der Waals surface area contributed by atoms with E-state index in [-0.39, 0.29) is 5.91 Å². The Hall–Kier alpha value is -2.44. The van der Waals surface area contributed by atoms with Gasteiger partial charge in [-0.25, -0.2) is 9.97 Å². The number of hydrogen-bond acceptors (Lipinski definition) is 5. The van der Waals surface area contributed by atoms with E-state index in [1.165, 1.54) is 6.33 Å². The minimum atomic E-state index is -0.0727. The molecule has 0 unspecified atom stereocenters. The van der Waals surface area contributed by atoms with Crippen molar-refractivity contribution in [2.45, 2.75) is 19.9 Å². The molecule has 0 fully saturated rings. The lowest BCUT2D eigenvalue weighted by Crippen LogP contribution is -2.37. The molecule has 1 aliphatic heterocycles. The Morgan fingerprint density at radius 3 is 2.90 bits per heavy atom. The summed E-state index contributed by atoms with van der Waals surface area (Å²) in [5.74, 6) is 0.437. The summed E-state index contributed by atoms with van der Waals surface area (Å²) in [5.41, 5.74) is 9.03. The summed E-state index contributed by atoms with van der Waals surface area (Å²) >= 11 is 0. The fraction of sp³-hybridized carbons (Fsp3) is 0.385. The van der Waals surface area contributed by atoms with Crippen LogP contribution in [0.5, 0.6) is 0 Å². The number of aromatic nitrogens is 4. The van der Waals surface area contributed by atoms with Gasteiger partial charge in [-0.05, 0) is 19.4 Å². The Morgan fingerprint density at radius 2 is 2.20 bits per heavy atom. The third-order valence-corrected chi connectivity index (χ3v) is 3.66. The van der Waals surface area contributed by atoms with Crippen molar-refractivity contribution in [1.82, 2.24) is 24.6 Å². The fourth-order valence-corrected chi connectivity index (χ4v) is 2.38. The van der Waals surface area contributed by atoms with Gasteiger partial charge in [-0.3, -0.25) is 9.48 Å². The number of carbonyl (C=O) groups excluding carboxylic acids is 1. The van der Waals surface area contributed by atoms with Gasteiger partial charge < -0.3 is 10.6 Å². The van der Waals surface area contributed by atoms with E-state index in [4.69, 9.17) is 5.73 Å². The van der Waals surface area contributed by atoms with E-state index < -0.39 is 0 Å². The molecule has 2 aromatic rings. The molecule has 3 heterocycles. The van der Waals surface area contributed by atoms with Crippen molar-refractivity contribution in [2.75, 3.05) is 12.3 Å². The van der Waals surface area contributed by atoms with Crippen LogP contribution in [0.4, 0.5) is 5.82 Å². The highest BCUT2D eigenvalue weighted by Crippen LogP contribution is 2.21. The van der Waals surface area contributed by atoms with Gasteiger partial charge in [-0.15, -0.1) is 0 Å². The average Bonchev–Trinajstić information content (AvgIpc) is 2.78. The molecule has 1 amide bonds. The zero-order valence-corrected chi connectivity index (χ0v) is 11.5. The van der Waals surface area contributed by atoms with Gasteiger partial charge in [0.25, 0.3) is 5.91 Å². The molecule has 0 aliphatic carbocycles. The van der Waals surface area contributed by atoms with Crippen molar-refractivity contribution in [3.63, 3.8) is 0 Å². The summed E-state index contributed by atoms with van der Waals surface area (Å²) < 4.78 is 1.70. The van der Waals surface area contributed by atoms with Crippen LogP contribution in [-0.4, -0.2) is 37.1 Å². The van der Waals surface area contributed by atoms with E-state index in [1.54, 1.807) is 15.6 Å². The number of nitrogens with zero attached hydrogens (tertiary/aromatic N) is 5. The van der Waals surface area contributed by atoms with Crippen LogP contribution >= 0.6 is 0 Å². The predicted molar refractivity (Wildman–Crippen MR) is 72.8 cm³/mol. The topological polar surface area (TPSA) is 89.9 Å². The largest absolute Gasteiger partial charge is 0.383 e. The number of nitrogen functional groups attached to an aromatic ring is 1. The van der Waals surface area contributed by atoms with E-state index in [0.717, 1.165) is 17.0 Å². The SMILES string of the molecule is Cc1cc(C(=O)N2CCc3c(N)ncnc3C2)nn1C. The molecular weight excluding hydrogens is 256 g/mol. The maximum Gasteiger partial charge on any atom is 0.274 e. The van der Waals surface area contributed by atoms with Crippen LogP contribution in [0.15, 0.2) is 12.4 Å². The van der Waals surface area contributed by atoms with Gasteiger partial charge >= 0.3 is 0 Å². The maximum absolute atomic E-state index is 12.4. The molecule has 0 bridgehead atoms. The lowest BCUT2D eigenvalue weighted by molar-refractivity contribution is 0.0725. The summed E-state index contributed by atoms with van der Waals surface area (Å²) in [6, 6.07) is 1.80. The molecule has 0 atom stereocenters. The van der Waals surface area contributed by atoms with Gasteiger partial charge in [0.1, 0.15) is 12.1 Å². The number of anilines is 1. The Kier molecular flexibility index (Phi) is 2.89. The zero-order chi connectivity index (χ0) is 14.3. The Morgan fingerprint density at radius 1 is 1.40 bits per heavy atom. The van der Waals surface area contributed by atoms with Gasteiger partial charge in [0.05, 0.1) is 12.2 Å². The van der Waals surface area contributed by atoms with Crippen molar-refractivity contribution in [1.29, 1.82) is 0 Å². The van der Waals surface area contributed by atoms with Crippen LogP contribution in [0.3, 0.4) is 0 Å². The van der Waals surface area contributed by atoms with Crippen molar-refractivity contribution in [2.24, 2.45) is 7.05 Å². The lowest BCUT2D eigenvalue weighted by Gasteiger charge is -2.27. The first-order valence-electron chi connectivity index (χ1n) is 6.44. The molecule has 2 N–H and O–H groups in total. The van der Waals surface area contributed by atoms with Crippen LogP contribution in [0.1, 0.15) is 27.4 Å². The normalized spacial score (nSPS) is 14.2. The van der Waals surface area contributed by atoms with E-state index in [9.17, 15) is 4.79 Å². The van der Waals surface area contributed by atoms with Gasteiger partial charge in [0.15, 0.2) is 5.69 Å². The van der Waals surface area contributed by atoms with Crippen molar-refractivity contribution in [3.8, 4) is 0 Å².